The van der Waals surface area contributed by atoms with E-state index in [0.29, 0.717) is 6.04 Å². The van der Waals surface area contributed by atoms with Crippen molar-refractivity contribution in [2.75, 3.05) is 33.2 Å². The van der Waals surface area contributed by atoms with E-state index in [1.54, 1.807) is 7.05 Å². The van der Waals surface area contributed by atoms with Gasteiger partial charge in [0.1, 0.15) is 0 Å². The Balaban J connectivity index is 0.00000400. The average Bonchev–Trinajstić information content (AvgIpc) is 2.43. The van der Waals surface area contributed by atoms with Crippen LogP contribution in [0.1, 0.15) is 26.2 Å². The maximum atomic E-state index is 12.3. The summed E-state index contributed by atoms with van der Waals surface area (Å²) in [5, 5.41) is 6.61. The lowest BCUT2D eigenvalue weighted by atomic mass is 10.1. The molecule has 1 heterocycles. The Labute approximate surface area is 143 Å². The van der Waals surface area contributed by atoms with E-state index in [1.165, 1.54) is 0 Å². The second kappa shape index (κ2) is 12.1. The molecule has 0 aromatic heterocycles. The van der Waals surface area contributed by atoms with E-state index < -0.39 is 6.43 Å². The predicted molar refractivity (Wildman–Crippen MR) is 94.8 cm³/mol. The van der Waals surface area contributed by atoms with E-state index in [4.69, 9.17) is 0 Å². The molecule has 0 radical (unpaired) electrons. The Morgan fingerprint density at radius 1 is 1.38 bits per heavy atom. The molecule has 1 rings (SSSR count). The fourth-order valence-electron chi connectivity index (χ4n) is 2.28. The fraction of sp³-hybridized carbons (Fsp3) is 0.786. The topological polar surface area (TPSA) is 39.7 Å². The number of rotatable bonds is 6. The summed E-state index contributed by atoms with van der Waals surface area (Å²) < 4.78 is 24.6. The summed E-state index contributed by atoms with van der Waals surface area (Å²) >= 11 is 0. The van der Waals surface area contributed by atoms with Crippen LogP contribution in [0.25, 0.3) is 0 Å². The van der Waals surface area contributed by atoms with Gasteiger partial charge in [-0.2, -0.15) is 0 Å². The van der Waals surface area contributed by atoms with Crippen molar-refractivity contribution >= 4 is 29.9 Å². The number of hydrogen-bond donors (Lipinski definition) is 2. The van der Waals surface area contributed by atoms with Crippen LogP contribution in [0.5, 0.6) is 0 Å². The van der Waals surface area contributed by atoms with Crippen LogP contribution >= 0.6 is 24.0 Å². The van der Waals surface area contributed by atoms with Crippen molar-refractivity contribution in [1.82, 2.24) is 15.5 Å². The molecule has 0 aromatic carbocycles. The number of hydrogen-bond acceptors (Lipinski definition) is 2. The third-order valence-corrected chi connectivity index (χ3v) is 3.39. The van der Waals surface area contributed by atoms with Crippen molar-refractivity contribution in [3.05, 3.63) is 12.2 Å². The lowest BCUT2D eigenvalue weighted by molar-refractivity contribution is 0.0744. The van der Waals surface area contributed by atoms with Crippen LogP contribution in [-0.4, -0.2) is 56.6 Å². The third-order valence-electron chi connectivity index (χ3n) is 3.39. The molecule has 0 unspecified atom stereocenters. The van der Waals surface area contributed by atoms with Gasteiger partial charge in [0.05, 0.1) is 6.54 Å². The SMILES string of the molecule is C/C=C/CCNC(=NC)NC1CCN(CC(F)F)CC1.I. The van der Waals surface area contributed by atoms with Gasteiger partial charge in [-0.15, -0.1) is 24.0 Å². The van der Waals surface area contributed by atoms with Crippen molar-refractivity contribution < 1.29 is 8.78 Å². The second-order valence-electron chi connectivity index (χ2n) is 4.97. The molecule has 1 saturated heterocycles. The number of nitrogens with one attached hydrogen (secondary N) is 2. The van der Waals surface area contributed by atoms with Gasteiger partial charge in [-0.05, 0) is 26.2 Å². The average molecular weight is 416 g/mol. The highest BCUT2D eigenvalue weighted by Crippen LogP contribution is 2.11. The quantitative estimate of drug-likeness (QED) is 0.230. The maximum Gasteiger partial charge on any atom is 0.251 e. The van der Waals surface area contributed by atoms with Crippen LogP contribution in [0.3, 0.4) is 0 Å². The Bertz CT molecular complexity index is 316. The number of halogens is 3. The molecule has 4 nitrogen and oxygen atoms in total. The van der Waals surface area contributed by atoms with Crippen molar-refractivity contribution in [2.24, 2.45) is 4.99 Å². The van der Waals surface area contributed by atoms with Gasteiger partial charge in [0.15, 0.2) is 5.96 Å². The van der Waals surface area contributed by atoms with Crippen LogP contribution in [0.15, 0.2) is 17.1 Å². The Hall–Kier alpha value is -0.440. The normalized spacial score (nSPS) is 18.0. The Morgan fingerprint density at radius 3 is 2.57 bits per heavy atom. The van der Waals surface area contributed by atoms with E-state index in [9.17, 15) is 8.78 Å². The van der Waals surface area contributed by atoms with Crippen LogP contribution in [0.4, 0.5) is 8.78 Å². The molecule has 1 fully saturated rings. The zero-order valence-corrected chi connectivity index (χ0v) is 15.1. The first-order valence-corrected chi connectivity index (χ1v) is 7.24. The first-order chi connectivity index (χ1) is 9.65. The molecule has 2 N–H and O–H groups in total. The summed E-state index contributed by atoms with van der Waals surface area (Å²) in [6.07, 6.45) is 4.61. The lowest BCUT2D eigenvalue weighted by Gasteiger charge is -2.32. The van der Waals surface area contributed by atoms with E-state index in [-0.39, 0.29) is 30.5 Å². The van der Waals surface area contributed by atoms with E-state index in [0.717, 1.165) is 44.9 Å². The monoisotopic (exact) mass is 416 g/mol. The molecule has 0 aromatic rings. The molecular weight excluding hydrogens is 389 g/mol. The van der Waals surface area contributed by atoms with Gasteiger partial charge >= 0.3 is 0 Å². The highest BCUT2D eigenvalue weighted by molar-refractivity contribution is 14.0. The molecule has 0 bridgehead atoms. The molecule has 0 aliphatic carbocycles. The first kappa shape index (κ1) is 20.6. The molecule has 21 heavy (non-hydrogen) atoms. The van der Waals surface area contributed by atoms with Gasteiger partial charge in [0.25, 0.3) is 6.43 Å². The van der Waals surface area contributed by atoms with Crippen molar-refractivity contribution in [2.45, 2.75) is 38.7 Å². The molecular formula is C14H27F2IN4. The number of alkyl halides is 2. The summed E-state index contributed by atoms with van der Waals surface area (Å²) in [6, 6.07) is 0.317. The molecule has 7 heteroatoms. The van der Waals surface area contributed by atoms with Gasteiger partial charge in [0.2, 0.25) is 0 Å². The van der Waals surface area contributed by atoms with Crippen LogP contribution in [-0.2, 0) is 0 Å². The second-order valence-corrected chi connectivity index (χ2v) is 4.97. The Morgan fingerprint density at radius 2 is 2.05 bits per heavy atom. The molecule has 0 amide bonds. The smallest absolute Gasteiger partial charge is 0.251 e. The number of nitrogens with zero attached hydrogens (tertiary/aromatic N) is 2. The number of aliphatic imine (C=N–C) groups is 1. The fourth-order valence-corrected chi connectivity index (χ4v) is 2.28. The first-order valence-electron chi connectivity index (χ1n) is 7.24. The minimum Gasteiger partial charge on any atom is -0.356 e. The summed E-state index contributed by atoms with van der Waals surface area (Å²) in [4.78, 5) is 6.01. The van der Waals surface area contributed by atoms with Crippen LogP contribution in [0, 0.1) is 0 Å². The minimum atomic E-state index is -2.24. The van der Waals surface area contributed by atoms with Crippen molar-refractivity contribution in [3.63, 3.8) is 0 Å². The zero-order chi connectivity index (χ0) is 14.8. The van der Waals surface area contributed by atoms with Crippen LogP contribution < -0.4 is 10.6 Å². The highest BCUT2D eigenvalue weighted by atomic mass is 127. The Kier molecular flexibility index (Phi) is 11.9. The standard InChI is InChI=1S/C14H26F2N4.HI/c1-3-4-5-8-18-14(17-2)19-12-6-9-20(10-7-12)11-13(15)16;/h3-4,12-13H,5-11H2,1-2H3,(H2,17,18,19);1H/b4-3+;. The maximum absolute atomic E-state index is 12.3. The van der Waals surface area contributed by atoms with E-state index >= 15 is 0 Å². The number of guanidine groups is 1. The summed E-state index contributed by atoms with van der Waals surface area (Å²) in [7, 11) is 1.75. The van der Waals surface area contributed by atoms with E-state index in [1.807, 2.05) is 17.9 Å². The molecule has 0 atom stereocenters. The predicted octanol–water partition coefficient (Wildman–Crippen LogP) is 2.47. The van der Waals surface area contributed by atoms with Crippen molar-refractivity contribution in [1.29, 1.82) is 0 Å². The molecule has 1 aliphatic heterocycles. The molecule has 0 saturated carbocycles. The molecule has 0 spiro atoms. The molecule has 124 valence electrons. The van der Waals surface area contributed by atoms with Gasteiger partial charge in [-0.3, -0.25) is 9.89 Å². The number of likely N-dealkylation sites (tertiary alicyclic amines) is 1. The van der Waals surface area contributed by atoms with Gasteiger partial charge in [0, 0.05) is 32.7 Å². The van der Waals surface area contributed by atoms with Gasteiger partial charge in [-0.25, -0.2) is 8.78 Å². The summed E-state index contributed by atoms with van der Waals surface area (Å²) in [6.45, 7) is 4.17. The highest BCUT2D eigenvalue weighted by Gasteiger charge is 2.21. The summed E-state index contributed by atoms with van der Waals surface area (Å²) in [5.74, 6) is 0.793. The van der Waals surface area contributed by atoms with Crippen LogP contribution in [0.2, 0.25) is 0 Å². The zero-order valence-electron chi connectivity index (χ0n) is 12.8. The summed E-state index contributed by atoms with van der Waals surface area (Å²) in [5.41, 5.74) is 0. The minimum absolute atomic E-state index is 0. The largest absolute Gasteiger partial charge is 0.356 e. The number of piperidine rings is 1. The molecule has 1 aliphatic rings. The van der Waals surface area contributed by atoms with Gasteiger partial charge in [-0.1, -0.05) is 12.2 Å². The lowest BCUT2D eigenvalue weighted by Crippen LogP contribution is -2.49. The van der Waals surface area contributed by atoms with E-state index in [2.05, 4.69) is 21.7 Å². The number of allylic oxidation sites excluding steroid dienone is 1. The van der Waals surface area contributed by atoms with Gasteiger partial charge < -0.3 is 10.6 Å². The third kappa shape index (κ3) is 9.23. The van der Waals surface area contributed by atoms with Crippen molar-refractivity contribution in [3.8, 4) is 0 Å².